The highest BCUT2D eigenvalue weighted by Gasteiger charge is 2.18. The third-order valence-electron chi connectivity index (χ3n) is 5.23. The number of rotatable bonds is 4. The van der Waals surface area contributed by atoms with Crippen molar-refractivity contribution in [2.24, 2.45) is 0 Å². The van der Waals surface area contributed by atoms with E-state index in [1.165, 1.54) is 30.9 Å². The zero-order chi connectivity index (χ0) is 17.8. The lowest BCUT2D eigenvalue weighted by Crippen LogP contribution is -3.14. The third kappa shape index (κ3) is 4.20. The van der Waals surface area contributed by atoms with Crippen LogP contribution in [0.3, 0.4) is 0 Å². The van der Waals surface area contributed by atoms with E-state index in [9.17, 15) is 4.79 Å². The Hall–Kier alpha value is -2.33. The first-order valence-corrected chi connectivity index (χ1v) is 9.14. The van der Waals surface area contributed by atoms with Crippen LogP contribution in [0, 0.1) is 13.8 Å². The molecule has 0 aliphatic carbocycles. The van der Waals surface area contributed by atoms with Gasteiger partial charge in [-0.15, -0.1) is 0 Å². The molecule has 0 aromatic heterocycles. The molecule has 0 atom stereocenters. The summed E-state index contributed by atoms with van der Waals surface area (Å²) >= 11 is 0. The van der Waals surface area contributed by atoms with Crippen LogP contribution in [-0.2, 0) is 0 Å². The number of quaternary nitrogens is 1. The van der Waals surface area contributed by atoms with Crippen molar-refractivity contribution in [2.75, 3.05) is 42.9 Å². The van der Waals surface area contributed by atoms with Crippen molar-refractivity contribution in [1.82, 2.24) is 0 Å². The second-order valence-electron chi connectivity index (χ2n) is 6.89. The number of nitrogens with one attached hydrogen (secondary N) is 2. The molecule has 1 aliphatic rings. The number of anilines is 2. The summed E-state index contributed by atoms with van der Waals surface area (Å²) in [6.07, 6.45) is 0. The van der Waals surface area contributed by atoms with E-state index in [1.807, 2.05) is 37.3 Å². The van der Waals surface area contributed by atoms with Gasteiger partial charge in [0.15, 0.2) is 0 Å². The zero-order valence-electron chi connectivity index (χ0n) is 15.4. The van der Waals surface area contributed by atoms with Crippen LogP contribution in [0.1, 0.15) is 28.4 Å². The second-order valence-corrected chi connectivity index (χ2v) is 6.89. The molecule has 0 saturated carbocycles. The van der Waals surface area contributed by atoms with E-state index >= 15 is 0 Å². The van der Waals surface area contributed by atoms with Crippen LogP contribution in [0.15, 0.2) is 42.5 Å². The summed E-state index contributed by atoms with van der Waals surface area (Å²) in [7, 11) is 0. The van der Waals surface area contributed by atoms with Gasteiger partial charge in [-0.3, -0.25) is 4.79 Å². The number of piperazine rings is 1. The van der Waals surface area contributed by atoms with Crippen molar-refractivity contribution in [2.45, 2.75) is 20.8 Å². The molecule has 4 nitrogen and oxygen atoms in total. The highest BCUT2D eigenvalue weighted by atomic mass is 16.1. The third-order valence-corrected chi connectivity index (χ3v) is 5.23. The van der Waals surface area contributed by atoms with E-state index in [4.69, 9.17) is 0 Å². The van der Waals surface area contributed by atoms with E-state index in [2.05, 4.69) is 36.2 Å². The lowest BCUT2D eigenvalue weighted by atomic mass is 10.1. The summed E-state index contributed by atoms with van der Waals surface area (Å²) in [5.41, 5.74) is 5.11. The largest absolute Gasteiger partial charge is 0.360 e. The first-order valence-electron chi connectivity index (χ1n) is 9.14. The normalized spacial score (nSPS) is 15.2. The topological polar surface area (TPSA) is 36.8 Å². The summed E-state index contributed by atoms with van der Waals surface area (Å²) in [4.78, 5) is 16.5. The van der Waals surface area contributed by atoms with Crippen molar-refractivity contribution in [3.63, 3.8) is 0 Å². The standard InChI is InChI=1S/C21H27N3O/c1-4-23-11-13-24(14-12-23)20-9-7-19(8-10-20)22-21(25)18-6-5-16(2)17(3)15-18/h5-10,15H,4,11-14H2,1-3H3,(H,22,25)/p+1. The Bertz CT molecular complexity index is 731. The van der Waals surface area contributed by atoms with Gasteiger partial charge in [-0.2, -0.15) is 0 Å². The van der Waals surface area contributed by atoms with Crippen LogP contribution >= 0.6 is 0 Å². The molecule has 1 saturated heterocycles. The molecule has 2 aromatic rings. The number of hydrogen-bond donors (Lipinski definition) is 2. The Morgan fingerprint density at radius 2 is 1.72 bits per heavy atom. The van der Waals surface area contributed by atoms with E-state index in [-0.39, 0.29) is 5.91 Å². The van der Waals surface area contributed by atoms with Gasteiger partial charge in [0.2, 0.25) is 0 Å². The van der Waals surface area contributed by atoms with E-state index < -0.39 is 0 Å². The average molecular weight is 338 g/mol. The van der Waals surface area contributed by atoms with Crippen LogP contribution in [0.4, 0.5) is 11.4 Å². The minimum absolute atomic E-state index is 0.0592. The monoisotopic (exact) mass is 338 g/mol. The number of amides is 1. The van der Waals surface area contributed by atoms with Crippen molar-refractivity contribution in [3.05, 3.63) is 59.2 Å². The Kier molecular flexibility index (Phi) is 5.39. The molecular weight excluding hydrogens is 310 g/mol. The molecule has 0 unspecified atom stereocenters. The van der Waals surface area contributed by atoms with Crippen molar-refractivity contribution < 1.29 is 9.69 Å². The zero-order valence-corrected chi connectivity index (χ0v) is 15.4. The lowest BCUT2D eigenvalue weighted by Gasteiger charge is -2.33. The molecule has 0 bridgehead atoms. The molecule has 0 spiro atoms. The van der Waals surface area contributed by atoms with E-state index in [0.29, 0.717) is 5.56 Å². The molecule has 1 aliphatic heterocycles. The van der Waals surface area contributed by atoms with Crippen LogP contribution < -0.4 is 15.1 Å². The molecule has 1 amide bonds. The van der Waals surface area contributed by atoms with Gasteiger partial charge in [0.25, 0.3) is 5.91 Å². The fourth-order valence-corrected chi connectivity index (χ4v) is 3.28. The molecule has 3 rings (SSSR count). The van der Waals surface area contributed by atoms with Crippen LogP contribution in [0.5, 0.6) is 0 Å². The van der Waals surface area contributed by atoms with Crippen LogP contribution in [0.2, 0.25) is 0 Å². The minimum Gasteiger partial charge on any atom is -0.360 e. The predicted molar refractivity (Wildman–Crippen MR) is 104 cm³/mol. The molecule has 2 aromatic carbocycles. The molecule has 132 valence electrons. The maximum Gasteiger partial charge on any atom is 0.255 e. The van der Waals surface area contributed by atoms with Gasteiger partial charge in [0.1, 0.15) is 0 Å². The number of hydrogen-bond acceptors (Lipinski definition) is 2. The fourth-order valence-electron chi connectivity index (χ4n) is 3.28. The number of likely N-dealkylation sites (N-methyl/N-ethyl adjacent to an activating group) is 1. The number of aryl methyl sites for hydroxylation is 2. The number of carbonyl (C=O) groups is 1. The van der Waals surface area contributed by atoms with E-state index in [0.717, 1.165) is 24.3 Å². The second kappa shape index (κ2) is 7.70. The average Bonchev–Trinajstić information content (AvgIpc) is 2.64. The number of nitrogens with zero attached hydrogens (tertiary/aromatic N) is 1. The van der Waals surface area contributed by atoms with Crippen LogP contribution in [0.25, 0.3) is 0 Å². The molecular formula is C21H28N3O+. The van der Waals surface area contributed by atoms with Gasteiger partial charge >= 0.3 is 0 Å². The highest BCUT2D eigenvalue weighted by molar-refractivity contribution is 6.04. The van der Waals surface area contributed by atoms with E-state index in [1.54, 1.807) is 4.90 Å². The number of carbonyl (C=O) groups excluding carboxylic acids is 1. The molecule has 25 heavy (non-hydrogen) atoms. The lowest BCUT2D eigenvalue weighted by molar-refractivity contribution is -0.898. The van der Waals surface area contributed by atoms with Gasteiger partial charge in [-0.1, -0.05) is 6.07 Å². The maximum absolute atomic E-state index is 12.4. The first-order chi connectivity index (χ1) is 12.1. The van der Waals surface area contributed by atoms with Crippen molar-refractivity contribution in [1.29, 1.82) is 0 Å². The number of benzene rings is 2. The van der Waals surface area contributed by atoms with Gasteiger partial charge in [0, 0.05) is 16.9 Å². The van der Waals surface area contributed by atoms with Gasteiger partial charge in [-0.25, -0.2) is 0 Å². The Labute approximate surface area is 150 Å². The fraction of sp³-hybridized carbons (Fsp3) is 0.381. The molecule has 2 N–H and O–H groups in total. The van der Waals surface area contributed by atoms with Crippen molar-refractivity contribution >= 4 is 17.3 Å². The van der Waals surface area contributed by atoms with Gasteiger partial charge in [0.05, 0.1) is 32.7 Å². The quantitative estimate of drug-likeness (QED) is 0.897. The van der Waals surface area contributed by atoms with Crippen molar-refractivity contribution in [3.8, 4) is 0 Å². The maximum atomic E-state index is 12.4. The smallest absolute Gasteiger partial charge is 0.255 e. The Balaban J connectivity index is 1.62. The molecule has 1 heterocycles. The highest BCUT2D eigenvalue weighted by Crippen LogP contribution is 2.19. The minimum atomic E-state index is -0.0592. The Morgan fingerprint density at radius 3 is 2.32 bits per heavy atom. The first kappa shape index (κ1) is 17.5. The summed E-state index contributed by atoms with van der Waals surface area (Å²) < 4.78 is 0. The summed E-state index contributed by atoms with van der Waals surface area (Å²) in [5.74, 6) is -0.0592. The SMILES string of the molecule is CC[NH+]1CCN(c2ccc(NC(=O)c3ccc(C)c(C)c3)cc2)CC1. The summed E-state index contributed by atoms with van der Waals surface area (Å²) in [5, 5.41) is 2.99. The Morgan fingerprint density at radius 1 is 1.04 bits per heavy atom. The summed E-state index contributed by atoms with van der Waals surface area (Å²) in [6, 6.07) is 14.0. The molecule has 4 heteroatoms. The van der Waals surface area contributed by atoms with Crippen LogP contribution in [-0.4, -0.2) is 38.6 Å². The van der Waals surface area contributed by atoms with Gasteiger partial charge in [-0.05, 0) is 68.3 Å². The van der Waals surface area contributed by atoms with Gasteiger partial charge < -0.3 is 15.1 Å². The molecule has 1 fully saturated rings. The summed E-state index contributed by atoms with van der Waals surface area (Å²) in [6.45, 7) is 12.1. The molecule has 0 radical (unpaired) electrons. The predicted octanol–water partition coefficient (Wildman–Crippen LogP) is 2.28.